The third-order valence-electron chi connectivity index (χ3n) is 4.47. The average molecular weight is 199 g/mol. The summed E-state index contributed by atoms with van der Waals surface area (Å²) in [6.07, 6.45) is 0. The first-order chi connectivity index (χ1) is 6.34. The molecular formula is C12H25NO. The molecule has 0 aromatic rings. The Morgan fingerprint density at radius 2 is 1.71 bits per heavy atom. The Bertz CT molecular complexity index is 184. The third kappa shape index (κ3) is 1.96. The van der Waals surface area contributed by atoms with Gasteiger partial charge in [-0.1, -0.05) is 34.6 Å². The Balaban J connectivity index is 2.22. The van der Waals surface area contributed by atoms with Crippen molar-refractivity contribution in [3.05, 3.63) is 0 Å². The molecule has 1 aliphatic rings. The molecule has 0 aromatic carbocycles. The minimum absolute atomic E-state index is 0.282. The molecule has 0 spiro atoms. The fourth-order valence-electron chi connectivity index (χ4n) is 2.38. The number of aliphatic hydroxyl groups is 1. The normalized spacial score (nSPS) is 26.1. The number of rotatable bonds is 5. The lowest BCUT2D eigenvalue weighted by Gasteiger charge is -2.10. The Hall–Kier alpha value is -0.0800. The van der Waals surface area contributed by atoms with E-state index in [9.17, 15) is 0 Å². The molecule has 0 saturated heterocycles. The largest absolute Gasteiger partial charge is 0.396 e. The van der Waals surface area contributed by atoms with Crippen molar-refractivity contribution in [3.8, 4) is 0 Å². The maximum atomic E-state index is 8.88. The molecule has 84 valence electrons. The van der Waals surface area contributed by atoms with Gasteiger partial charge in [0.15, 0.2) is 0 Å². The second-order valence-electron chi connectivity index (χ2n) is 5.94. The highest BCUT2D eigenvalue weighted by molar-refractivity contribution is 5.12. The van der Waals surface area contributed by atoms with E-state index in [2.05, 4.69) is 39.9 Å². The quantitative estimate of drug-likeness (QED) is 0.708. The minimum Gasteiger partial charge on any atom is -0.396 e. The predicted molar refractivity (Wildman–Crippen MR) is 60.2 cm³/mol. The summed E-state index contributed by atoms with van der Waals surface area (Å²) in [6, 6.07) is 0. The lowest BCUT2D eigenvalue weighted by molar-refractivity contribution is 0.233. The molecule has 0 heterocycles. The fraction of sp³-hybridized carbons (Fsp3) is 1.00. The van der Waals surface area contributed by atoms with Crippen LogP contribution in [0.1, 0.15) is 34.6 Å². The maximum Gasteiger partial charge on any atom is 0.0468 e. The van der Waals surface area contributed by atoms with Gasteiger partial charge in [-0.25, -0.2) is 0 Å². The van der Waals surface area contributed by atoms with Crippen LogP contribution in [-0.2, 0) is 0 Å². The molecule has 0 amide bonds. The lowest BCUT2D eigenvalue weighted by atomic mass is 10.0. The molecule has 1 atom stereocenters. The van der Waals surface area contributed by atoms with E-state index in [1.54, 1.807) is 0 Å². The van der Waals surface area contributed by atoms with Crippen molar-refractivity contribution in [1.29, 1.82) is 0 Å². The molecule has 1 aliphatic carbocycles. The zero-order valence-corrected chi connectivity index (χ0v) is 10.2. The van der Waals surface area contributed by atoms with Crippen LogP contribution in [0.3, 0.4) is 0 Å². The highest BCUT2D eigenvalue weighted by Gasteiger charge is 2.63. The maximum absolute atomic E-state index is 8.88. The van der Waals surface area contributed by atoms with Crippen LogP contribution in [0.25, 0.3) is 0 Å². The van der Waals surface area contributed by atoms with E-state index in [1.807, 2.05) is 0 Å². The van der Waals surface area contributed by atoms with Crippen molar-refractivity contribution in [2.75, 3.05) is 19.7 Å². The van der Waals surface area contributed by atoms with Gasteiger partial charge in [-0.15, -0.1) is 0 Å². The first-order valence-electron chi connectivity index (χ1n) is 5.65. The van der Waals surface area contributed by atoms with Gasteiger partial charge in [0.2, 0.25) is 0 Å². The zero-order valence-electron chi connectivity index (χ0n) is 10.2. The molecule has 0 radical (unpaired) electrons. The summed E-state index contributed by atoms with van der Waals surface area (Å²) >= 11 is 0. The van der Waals surface area contributed by atoms with E-state index < -0.39 is 0 Å². The minimum atomic E-state index is 0.282. The fourth-order valence-corrected chi connectivity index (χ4v) is 2.38. The van der Waals surface area contributed by atoms with E-state index in [0.29, 0.717) is 16.7 Å². The predicted octanol–water partition coefficient (Wildman–Crippen LogP) is 1.89. The van der Waals surface area contributed by atoms with Crippen molar-refractivity contribution in [1.82, 2.24) is 5.32 Å². The molecule has 1 fully saturated rings. The standard InChI is InChI=1S/C12H25NO/c1-9(8-14)6-13-7-10-11(2,3)12(10,4)5/h9-10,13-14H,6-8H2,1-5H3. The molecule has 0 bridgehead atoms. The van der Waals surface area contributed by atoms with Gasteiger partial charge in [0.1, 0.15) is 0 Å². The number of nitrogens with one attached hydrogen (secondary N) is 1. The van der Waals surface area contributed by atoms with Gasteiger partial charge in [0.25, 0.3) is 0 Å². The summed E-state index contributed by atoms with van der Waals surface area (Å²) < 4.78 is 0. The second kappa shape index (κ2) is 3.82. The number of hydrogen-bond acceptors (Lipinski definition) is 2. The highest BCUT2D eigenvalue weighted by Crippen LogP contribution is 2.67. The Morgan fingerprint density at radius 1 is 1.21 bits per heavy atom. The van der Waals surface area contributed by atoms with Crippen LogP contribution < -0.4 is 5.32 Å². The zero-order chi connectivity index (χ0) is 11.0. The van der Waals surface area contributed by atoms with E-state index in [4.69, 9.17) is 5.11 Å². The van der Waals surface area contributed by atoms with E-state index >= 15 is 0 Å². The monoisotopic (exact) mass is 199 g/mol. The van der Waals surface area contributed by atoms with Gasteiger partial charge in [-0.3, -0.25) is 0 Å². The molecule has 1 rings (SSSR count). The molecule has 1 unspecified atom stereocenters. The topological polar surface area (TPSA) is 32.3 Å². The van der Waals surface area contributed by atoms with E-state index in [-0.39, 0.29) is 6.61 Å². The van der Waals surface area contributed by atoms with Gasteiger partial charge in [0, 0.05) is 6.61 Å². The first-order valence-corrected chi connectivity index (χ1v) is 5.65. The summed E-state index contributed by atoms with van der Waals surface area (Å²) in [5.41, 5.74) is 0.949. The van der Waals surface area contributed by atoms with E-state index in [0.717, 1.165) is 19.0 Å². The summed E-state index contributed by atoms with van der Waals surface area (Å²) in [5, 5.41) is 12.3. The molecule has 0 aromatic heterocycles. The van der Waals surface area contributed by atoms with Gasteiger partial charge in [-0.05, 0) is 35.8 Å². The van der Waals surface area contributed by atoms with Crippen LogP contribution in [0.2, 0.25) is 0 Å². The van der Waals surface area contributed by atoms with Crippen LogP contribution in [0.4, 0.5) is 0 Å². The number of aliphatic hydroxyl groups excluding tert-OH is 1. The van der Waals surface area contributed by atoms with Gasteiger partial charge >= 0.3 is 0 Å². The molecular weight excluding hydrogens is 174 g/mol. The average Bonchev–Trinajstić information content (AvgIpc) is 2.47. The molecule has 1 saturated carbocycles. The van der Waals surface area contributed by atoms with Crippen molar-refractivity contribution >= 4 is 0 Å². The lowest BCUT2D eigenvalue weighted by Crippen LogP contribution is -2.26. The Labute approximate surface area is 88.1 Å². The number of hydrogen-bond donors (Lipinski definition) is 2. The molecule has 2 nitrogen and oxygen atoms in total. The molecule has 0 aliphatic heterocycles. The SMILES string of the molecule is CC(CO)CNCC1C(C)(C)C1(C)C. The third-order valence-corrected chi connectivity index (χ3v) is 4.47. The van der Waals surface area contributed by atoms with Crippen LogP contribution in [-0.4, -0.2) is 24.8 Å². The first kappa shape index (κ1) is 12.0. The van der Waals surface area contributed by atoms with Crippen molar-refractivity contribution in [2.24, 2.45) is 22.7 Å². The molecule has 2 N–H and O–H groups in total. The van der Waals surface area contributed by atoms with E-state index in [1.165, 1.54) is 0 Å². The van der Waals surface area contributed by atoms with Crippen molar-refractivity contribution < 1.29 is 5.11 Å². The summed E-state index contributed by atoms with van der Waals surface area (Å²) in [7, 11) is 0. The van der Waals surface area contributed by atoms with Gasteiger partial charge < -0.3 is 10.4 Å². The Morgan fingerprint density at radius 3 is 2.07 bits per heavy atom. The van der Waals surface area contributed by atoms with Crippen LogP contribution in [0.5, 0.6) is 0 Å². The van der Waals surface area contributed by atoms with Gasteiger partial charge in [0.05, 0.1) is 0 Å². The van der Waals surface area contributed by atoms with Crippen LogP contribution in [0.15, 0.2) is 0 Å². The second-order valence-corrected chi connectivity index (χ2v) is 5.94. The summed E-state index contributed by atoms with van der Waals surface area (Å²) in [5.74, 6) is 1.15. The van der Waals surface area contributed by atoms with Crippen molar-refractivity contribution in [2.45, 2.75) is 34.6 Å². The smallest absolute Gasteiger partial charge is 0.0468 e. The molecule has 2 heteroatoms. The Kier molecular flexibility index (Phi) is 3.27. The van der Waals surface area contributed by atoms with Crippen molar-refractivity contribution in [3.63, 3.8) is 0 Å². The van der Waals surface area contributed by atoms with Crippen LogP contribution >= 0.6 is 0 Å². The van der Waals surface area contributed by atoms with Gasteiger partial charge in [-0.2, -0.15) is 0 Å². The van der Waals surface area contributed by atoms with Crippen LogP contribution in [0, 0.1) is 22.7 Å². The summed E-state index contributed by atoms with van der Waals surface area (Å²) in [4.78, 5) is 0. The molecule has 14 heavy (non-hydrogen) atoms. The highest BCUT2D eigenvalue weighted by atomic mass is 16.3. The summed E-state index contributed by atoms with van der Waals surface area (Å²) in [6.45, 7) is 13.7.